The molecule has 0 fully saturated rings. The molecule has 0 rings (SSSR count). The fourth-order valence-corrected chi connectivity index (χ4v) is 1.81. The molecule has 7 nitrogen and oxygen atoms in total. The largest absolute Gasteiger partial charge is 0.481 e. The number of methoxy groups -OCH3 is 1. The van der Waals surface area contributed by atoms with E-state index < -0.39 is 11.5 Å². The Morgan fingerprint density at radius 1 is 1.25 bits per heavy atom. The van der Waals surface area contributed by atoms with E-state index in [9.17, 15) is 14.4 Å². The van der Waals surface area contributed by atoms with Crippen molar-refractivity contribution < 1.29 is 24.2 Å². The van der Waals surface area contributed by atoms with E-state index in [1.165, 1.54) is 12.0 Å². The average molecular weight is 288 g/mol. The number of nitrogens with zero attached hydrogens (tertiary/aromatic N) is 1. The highest BCUT2D eigenvalue weighted by Crippen LogP contribution is 2.11. The molecule has 0 aromatic carbocycles. The Hall–Kier alpha value is -1.63. The summed E-state index contributed by atoms with van der Waals surface area (Å²) in [6.45, 7) is 1.73. The van der Waals surface area contributed by atoms with Gasteiger partial charge in [0.2, 0.25) is 11.8 Å². The first kappa shape index (κ1) is 18.4. The van der Waals surface area contributed by atoms with Gasteiger partial charge in [-0.3, -0.25) is 14.4 Å². The zero-order valence-corrected chi connectivity index (χ0v) is 12.6. The summed E-state index contributed by atoms with van der Waals surface area (Å²) in [7, 11) is 4.76. The van der Waals surface area contributed by atoms with E-state index in [1.54, 1.807) is 21.0 Å². The van der Waals surface area contributed by atoms with Crippen LogP contribution in [0.15, 0.2) is 0 Å². The first-order valence-corrected chi connectivity index (χ1v) is 6.42. The minimum Gasteiger partial charge on any atom is -0.481 e. The summed E-state index contributed by atoms with van der Waals surface area (Å²) in [6, 6.07) is 0. The normalized spacial score (nSPS) is 13.4. The van der Waals surface area contributed by atoms with E-state index in [4.69, 9.17) is 9.84 Å². The number of nitrogens with one attached hydrogen (secondary N) is 1. The van der Waals surface area contributed by atoms with Crippen LogP contribution < -0.4 is 5.32 Å². The van der Waals surface area contributed by atoms with E-state index in [1.807, 2.05) is 0 Å². The molecule has 0 radical (unpaired) electrons. The Kier molecular flexibility index (Phi) is 7.83. The first-order chi connectivity index (χ1) is 9.20. The number of amides is 2. The minimum absolute atomic E-state index is 0.0389. The van der Waals surface area contributed by atoms with Crippen LogP contribution in [0.1, 0.15) is 32.6 Å². The SMILES string of the molecule is COCC(C)(CC(=O)O)NC(=O)CCCC(=O)N(C)C. The molecule has 2 amide bonds. The number of carbonyl (C=O) groups is 3. The number of ether oxygens (including phenoxy) is 1. The predicted octanol–water partition coefficient (Wildman–Crippen LogP) is 0.241. The molecule has 20 heavy (non-hydrogen) atoms. The molecule has 1 atom stereocenters. The van der Waals surface area contributed by atoms with Crippen LogP contribution in [0.25, 0.3) is 0 Å². The van der Waals surface area contributed by atoms with Crippen molar-refractivity contribution >= 4 is 17.8 Å². The second-order valence-electron chi connectivity index (χ2n) is 5.25. The van der Waals surface area contributed by atoms with E-state index in [2.05, 4.69) is 5.32 Å². The highest BCUT2D eigenvalue weighted by atomic mass is 16.5. The minimum atomic E-state index is -1.01. The standard InChI is InChI=1S/C13H24N2O5/c1-13(9-20-4,8-12(18)19)14-10(16)6-5-7-11(17)15(2)3/h5-9H2,1-4H3,(H,14,16)(H,18,19). The summed E-state index contributed by atoms with van der Waals surface area (Å²) < 4.78 is 4.94. The van der Waals surface area contributed by atoms with Gasteiger partial charge in [0, 0.05) is 34.0 Å². The van der Waals surface area contributed by atoms with Crippen LogP contribution in [0.5, 0.6) is 0 Å². The predicted molar refractivity (Wildman–Crippen MR) is 73.2 cm³/mol. The Balaban J connectivity index is 4.26. The van der Waals surface area contributed by atoms with E-state index in [-0.39, 0.29) is 31.3 Å². The fraction of sp³-hybridized carbons (Fsp3) is 0.769. The molecule has 0 aromatic heterocycles. The summed E-state index contributed by atoms with van der Waals surface area (Å²) in [5, 5.41) is 11.5. The molecule has 0 bridgehead atoms. The summed E-state index contributed by atoms with van der Waals surface area (Å²) in [6.07, 6.45) is 0.682. The molecule has 0 aliphatic rings. The van der Waals surface area contributed by atoms with E-state index in [0.717, 1.165) is 0 Å². The van der Waals surface area contributed by atoms with Crippen molar-refractivity contribution in [3.05, 3.63) is 0 Å². The van der Waals surface area contributed by atoms with Crippen LogP contribution in [0, 0.1) is 0 Å². The summed E-state index contributed by atoms with van der Waals surface area (Å²) in [5.41, 5.74) is -0.941. The zero-order chi connectivity index (χ0) is 15.8. The van der Waals surface area contributed by atoms with Gasteiger partial charge in [-0.2, -0.15) is 0 Å². The smallest absolute Gasteiger partial charge is 0.305 e. The third-order valence-electron chi connectivity index (χ3n) is 2.74. The number of hydrogen-bond acceptors (Lipinski definition) is 4. The Labute approximate surface area is 119 Å². The lowest BCUT2D eigenvalue weighted by molar-refractivity contribution is -0.139. The van der Waals surface area contributed by atoms with Gasteiger partial charge in [-0.1, -0.05) is 0 Å². The Bertz CT molecular complexity index is 357. The van der Waals surface area contributed by atoms with Gasteiger partial charge in [0.15, 0.2) is 0 Å². The van der Waals surface area contributed by atoms with Crippen LogP contribution in [-0.4, -0.2) is 61.1 Å². The van der Waals surface area contributed by atoms with Gasteiger partial charge in [0.1, 0.15) is 0 Å². The lowest BCUT2D eigenvalue weighted by Crippen LogP contribution is -2.50. The fourth-order valence-electron chi connectivity index (χ4n) is 1.81. The summed E-state index contributed by atoms with van der Waals surface area (Å²) in [4.78, 5) is 35.4. The number of carbonyl (C=O) groups excluding carboxylic acids is 2. The molecule has 0 aliphatic carbocycles. The number of aliphatic carboxylic acids is 1. The number of carboxylic acid groups (broad SMARTS) is 1. The van der Waals surface area contributed by atoms with Gasteiger partial charge >= 0.3 is 5.97 Å². The van der Waals surface area contributed by atoms with Gasteiger partial charge in [0.05, 0.1) is 18.6 Å². The number of hydrogen-bond donors (Lipinski definition) is 2. The van der Waals surface area contributed by atoms with Crippen molar-refractivity contribution in [2.45, 2.75) is 38.1 Å². The maximum Gasteiger partial charge on any atom is 0.305 e. The Morgan fingerprint density at radius 2 is 1.85 bits per heavy atom. The lowest BCUT2D eigenvalue weighted by Gasteiger charge is -2.28. The van der Waals surface area contributed by atoms with Crippen LogP contribution in [0.4, 0.5) is 0 Å². The molecule has 0 aromatic rings. The average Bonchev–Trinajstić information content (AvgIpc) is 2.26. The van der Waals surface area contributed by atoms with Crippen molar-refractivity contribution in [3.63, 3.8) is 0 Å². The summed E-state index contributed by atoms with van der Waals surface area (Å²) in [5.74, 6) is -1.33. The van der Waals surface area contributed by atoms with Gasteiger partial charge in [0.25, 0.3) is 0 Å². The molecular formula is C13H24N2O5. The molecule has 0 heterocycles. The second kappa shape index (κ2) is 8.52. The quantitative estimate of drug-likeness (QED) is 0.633. The lowest BCUT2D eigenvalue weighted by atomic mass is 9.98. The van der Waals surface area contributed by atoms with Crippen molar-refractivity contribution in [3.8, 4) is 0 Å². The molecule has 0 spiro atoms. The third kappa shape index (κ3) is 7.73. The number of rotatable bonds is 9. The maximum atomic E-state index is 11.8. The van der Waals surface area contributed by atoms with Crippen LogP contribution in [-0.2, 0) is 19.1 Å². The molecule has 0 saturated carbocycles. The monoisotopic (exact) mass is 288 g/mol. The van der Waals surface area contributed by atoms with Gasteiger partial charge in [-0.05, 0) is 13.3 Å². The topological polar surface area (TPSA) is 95.9 Å². The van der Waals surface area contributed by atoms with Gasteiger partial charge in [-0.15, -0.1) is 0 Å². The molecule has 1 unspecified atom stereocenters. The third-order valence-corrected chi connectivity index (χ3v) is 2.74. The van der Waals surface area contributed by atoms with Crippen molar-refractivity contribution in [1.82, 2.24) is 10.2 Å². The highest BCUT2D eigenvalue weighted by Gasteiger charge is 2.29. The Morgan fingerprint density at radius 3 is 2.30 bits per heavy atom. The molecule has 2 N–H and O–H groups in total. The zero-order valence-electron chi connectivity index (χ0n) is 12.6. The maximum absolute atomic E-state index is 11.8. The molecular weight excluding hydrogens is 264 g/mol. The van der Waals surface area contributed by atoms with E-state index >= 15 is 0 Å². The van der Waals surface area contributed by atoms with Gasteiger partial charge in [-0.25, -0.2) is 0 Å². The molecule has 116 valence electrons. The molecule has 0 saturated heterocycles. The molecule has 7 heteroatoms. The van der Waals surface area contributed by atoms with Gasteiger partial charge < -0.3 is 20.1 Å². The van der Waals surface area contributed by atoms with Crippen LogP contribution in [0.2, 0.25) is 0 Å². The van der Waals surface area contributed by atoms with Crippen molar-refractivity contribution in [2.24, 2.45) is 0 Å². The van der Waals surface area contributed by atoms with Crippen molar-refractivity contribution in [1.29, 1.82) is 0 Å². The highest BCUT2D eigenvalue weighted by molar-refractivity contribution is 5.80. The summed E-state index contributed by atoms with van der Waals surface area (Å²) >= 11 is 0. The molecule has 0 aliphatic heterocycles. The first-order valence-electron chi connectivity index (χ1n) is 6.42. The van der Waals surface area contributed by atoms with Crippen LogP contribution in [0.3, 0.4) is 0 Å². The van der Waals surface area contributed by atoms with E-state index in [0.29, 0.717) is 12.8 Å². The number of carboxylic acids is 1. The van der Waals surface area contributed by atoms with Crippen molar-refractivity contribution in [2.75, 3.05) is 27.8 Å². The van der Waals surface area contributed by atoms with Crippen LogP contribution >= 0.6 is 0 Å². The second-order valence-corrected chi connectivity index (χ2v) is 5.25.